The summed E-state index contributed by atoms with van der Waals surface area (Å²) in [6, 6.07) is 21.5. The number of amides is 1. The van der Waals surface area contributed by atoms with Crippen LogP contribution in [-0.4, -0.2) is 48.5 Å². The Morgan fingerprint density at radius 3 is 2.24 bits per heavy atom. The Morgan fingerprint density at radius 2 is 1.59 bits per heavy atom. The zero-order chi connectivity index (χ0) is 26.1. The van der Waals surface area contributed by atoms with Gasteiger partial charge >= 0.3 is 0 Å². The summed E-state index contributed by atoms with van der Waals surface area (Å²) in [5, 5.41) is 4.78. The van der Waals surface area contributed by atoms with Crippen LogP contribution in [0.1, 0.15) is 33.2 Å². The van der Waals surface area contributed by atoms with Crippen molar-refractivity contribution in [2.24, 2.45) is 7.05 Å². The average molecular weight is 562 g/mol. The Balaban J connectivity index is 1.55. The number of aromatic nitrogens is 2. The van der Waals surface area contributed by atoms with E-state index in [0.717, 1.165) is 38.2 Å². The zero-order valence-corrected chi connectivity index (χ0v) is 22.8. The molecular weight excluding hydrogens is 534 g/mol. The van der Waals surface area contributed by atoms with E-state index in [1.807, 2.05) is 66.5 Å². The highest BCUT2D eigenvalue weighted by atomic mass is 79.9. The number of hydrogen-bond acceptors (Lipinski definition) is 5. The summed E-state index contributed by atoms with van der Waals surface area (Å²) in [4.78, 5) is 15.8. The van der Waals surface area contributed by atoms with Crippen molar-refractivity contribution in [3.8, 4) is 28.5 Å². The van der Waals surface area contributed by atoms with E-state index < -0.39 is 0 Å². The number of halogens is 1. The molecule has 0 saturated carbocycles. The van der Waals surface area contributed by atoms with Crippen molar-refractivity contribution in [3.05, 3.63) is 93.6 Å². The Hall–Kier alpha value is -3.78. The highest BCUT2D eigenvalue weighted by molar-refractivity contribution is 9.10. The molecular formula is C29H28BrN3O4. The predicted molar refractivity (Wildman–Crippen MR) is 145 cm³/mol. The number of methoxy groups -OCH3 is 3. The standard InChI is InChI=1S/C29H28BrN3O4/c1-32-28-25(26(31-32)19-8-12-22(35-2)13-9-19)27(20-6-10-21(30)11-7-20)33(29(28)34)16-15-18-5-14-23(36-3)24(17-18)37-4/h5-14,17,27H,15-16H2,1-4H3. The first-order valence-corrected chi connectivity index (χ1v) is 12.7. The van der Waals surface area contributed by atoms with Crippen LogP contribution in [0.5, 0.6) is 17.2 Å². The fourth-order valence-electron chi connectivity index (χ4n) is 4.93. The number of rotatable bonds is 8. The minimum Gasteiger partial charge on any atom is -0.497 e. The first-order chi connectivity index (χ1) is 17.9. The van der Waals surface area contributed by atoms with Crippen molar-refractivity contribution in [3.63, 3.8) is 0 Å². The van der Waals surface area contributed by atoms with Gasteiger partial charge in [0.2, 0.25) is 0 Å². The minimum atomic E-state index is -0.262. The molecule has 0 radical (unpaired) electrons. The summed E-state index contributed by atoms with van der Waals surface area (Å²) in [5.74, 6) is 2.09. The molecule has 1 aliphatic rings. The van der Waals surface area contributed by atoms with Gasteiger partial charge in [-0.05, 0) is 66.1 Å². The third-order valence-corrected chi connectivity index (χ3v) is 7.30. The van der Waals surface area contributed by atoms with E-state index in [2.05, 4.69) is 28.1 Å². The van der Waals surface area contributed by atoms with E-state index in [-0.39, 0.29) is 11.9 Å². The lowest BCUT2D eigenvalue weighted by molar-refractivity contribution is 0.0742. The third-order valence-electron chi connectivity index (χ3n) is 6.77. The van der Waals surface area contributed by atoms with Gasteiger partial charge in [0.1, 0.15) is 11.4 Å². The lowest BCUT2D eigenvalue weighted by Crippen LogP contribution is -2.32. The Kier molecular flexibility index (Phi) is 6.93. The van der Waals surface area contributed by atoms with Crippen LogP contribution in [0.3, 0.4) is 0 Å². The van der Waals surface area contributed by atoms with Crippen LogP contribution >= 0.6 is 15.9 Å². The van der Waals surface area contributed by atoms with Crippen LogP contribution in [0, 0.1) is 0 Å². The van der Waals surface area contributed by atoms with E-state index >= 15 is 0 Å². The number of nitrogens with zero attached hydrogens (tertiary/aromatic N) is 3. The van der Waals surface area contributed by atoms with Crippen LogP contribution in [0.25, 0.3) is 11.3 Å². The van der Waals surface area contributed by atoms with Crippen molar-refractivity contribution in [2.75, 3.05) is 27.9 Å². The molecule has 0 saturated heterocycles. The maximum absolute atomic E-state index is 13.8. The summed E-state index contributed by atoms with van der Waals surface area (Å²) in [7, 11) is 6.72. The van der Waals surface area contributed by atoms with Crippen LogP contribution in [-0.2, 0) is 13.5 Å². The maximum atomic E-state index is 13.8. The number of fused-ring (bicyclic) bond motifs is 1. The van der Waals surface area contributed by atoms with E-state index in [0.29, 0.717) is 30.2 Å². The van der Waals surface area contributed by atoms with Gasteiger partial charge < -0.3 is 19.1 Å². The lowest BCUT2D eigenvalue weighted by atomic mass is 9.96. The molecule has 0 N–H and O–H groups in total. The summed E-state index contributed by atoms with van der Waals surface area (Å²) in [6.07, 6.45) is 0.665. The van der Waals surface area contributed by atoms with Crippen LogP contribution in [0.4, 0.5) is 0 Å². The van der Waals surface area contributed by atoms with Crippen molar-refractivity contribution < 1.29 is 19.0 Å². The van der Waals surface area contributed by atoms with Crippen LogP contribution < -0.4 is 14.2 Å². The van der Waals surface area contributed by atoms with E-state index in [4.69, 9.17) is 19.3 Å². The minimum absolute atomic E-state index is 0.0295. The number of benzene rings is 3. The van der Waals surface area contributed by atoms with Gasteiger partial charge in [0, 0.05) is 29.2 Å². The Morgan fingerprint density at radius 1 is 0.892 bits per heavy atom. The molecule has 4 aromatic rings. The molecule has 7 nitrogen and oxygen atoms in total. The topological polar surface area (TPSA) is 65.8 Å². The van der Waals surface area contributed by atoms with Crippen molar-refractivity contribution >= 4 is 21.8 Å². The summed E-state index contributed by atoms with van der Waals surface area (Å²) in [6.45, 7) is 0.534. The smallest absolute Gasteiger partial charge is 0.273 e. The molecule has 1 aromatic heterocycles. The molecule has 5 rings (SSSR count). The molecule has 3 aromatic carbocycles. The zero-order valence-electron chi connectivity index (χ0n) is 21.2. The lowest BCUT2D eigenvalue weighted by Gasteiger charge is -2.27. The first-order valence-electron chi connectivity index (χ1n) is 11.9. The molecule has 2 heterocycles. The molecule has 1 unspecified atom stereocenters. The summed E-state index contributed by atoms with van der Waals surface area (Å²) in [5.41, 5.74) is 5.37. The number of hydrogen-bond donors (Lipinski definition) is 0. The number of aryl methyl sites for hydroxylation is 1. The molecule has 0 fully saturated rings. The van der Waals surface area contributed by atoms with Crippen molar-refractivity contribution in [2.45, 2.75) is 12.5 Å². The van der Waals surface area contributed by atoms with E-state index in [1.54, 1.807) is 26.0 Å². The van der Waals surface area contributed by atoms with E-state index in [1.165, 1.54) is 0 Å². The molecule has 37 heavy (non-hydrogen) atoms. The van der Waals surface area contributed by atoms with E-state index in [9.17, 15) is 4.79 Å². The molecule has 0 aliphatic carbocycles. The number of carbonyl (C=O) groups excluding carboxylic acids is 1. The Bertz CT molecular complexity index is 1430. The Labute approximate surface area is 224 Å². The second-order valence-corrected chi connectivity index (χ2v) is 9.77. The van der Waals surface area contributed by atoms with Gasteiger partial charge in [-0.1, -0.05) is 34.1 Å². The molecule has 190 valence electrons. The fraction of sp³-hybridized carbons (Fsp3) is 0.241. The maximum Gasteiger partial charge on any atom is 0.273 e. The van der Waals surface area contributed by atoms with Crippen LogP contribution in [0.2, 0.25) is 0 Å². The molecule has 0 bridgehead atoms. The summed E-state index contributed by atoms with van der Waals surface area (Å²) >= 11 is 3.54. The molecule has 1 aliphatic heterocycles. The van der Waals surface area contributed by atoms with Gasteiger partial charge in [0.15, 0.2) is 11.5 Å². The average Bonchev–Trinajstić information content (AvgIpc) is 3.42. The van der Waals surface area contributed by atoms with Crippen LogP contribution in [0.15, 0.2) is 71.2 Å². The van der Waals surface area contributed by atoms with Crippen molar-refractivity contribution in [1.29, 1.82) is 0 Å². The predicted octanol–water partition coefficient (Wildman–Crippen LogP) is 5.66. The van der Waals surface area contributed by atoms with Gasteiger partial charge in [-0.25, -0.2) is 0 Å². The normalized spacial score (nSPS) is 14.6. The van der Waals surface area contributed by atoms with Gasteiger partial charge in [-0.3, -0.25) is 9.48 Å². The molecule has 0 spiro atoms. The second-order valence-electron chi connectivity index (χ2n) is 8.85. The summed E-state index contributed by atoms with van der Waals surface area (Å²) < 4.78 is 18.9. The number of ether oxygens (including phenoxy) is 3. The van der Waals surface area contributed by atoms with Crippen molar-refractivity contribution in [1.82, 2.24) is 14.7 Å². The highest BCUT2D eigenvalue weighted by Crippen LogP contribution is 2.44. The largest absolute Gasteiger partial charge is 0.497 e. The molecule has 8 heteroatoms. The monoisotopic (exact) mass is 561 g/mol. The fourth-order valence-corrected chi connectivity index (χ4v) is 5.20. The number of carbonyl (C=O) groups is 1. The van der Waals surface area contributed by atoms with Gasteiger partial charge in [-0.15, -0.1) is 0 Å². The van der Waals surface area contributed by atoms with Gasteiger partial charge in [0.25, 0.3) is 5.91 Å². The van der Waals surface area contributed by atoms with Gasteiger partial charge in [-0.2, -0.15) is 5.10 Å². The molecule has 1 atom stereocenters. The highest BCUT2D eigenvalue weighted by Gasteiger charge is 2.43. The van der Waals surface area contributed by atoms with Gasteiger partial charge in [0.05, 0.1) is 33.1 Å². The second kappa shape index (κ2) is 10.3. The third kappa shape index (κ3) is 4.57. The quantitative estimate of drug-likeness (QED) is 0.277. The molecule has 1 amide bonds. The first kappa shape index (κ1) is 24.9. The SMILES string of the molecule is COc1ccc(-c2nn(C)c3c2C(c2ccc(Br)cc2)N(CCc2ccc(OC)c(OC)c2)C3=O)cc1.